The first-order valence-corrected chi connectivity index (χ1v) is 9.92. The smallest absolute Gasteiger partial charge is 0.338 e. The molecule has 3 rings (SSSR count). The third kappa shape index (κ3) is 3.16. The molecule has 28 heavy (non-hydrogen) atoms. The molecule has 0 spiro atoms. The van der Waals surface area contributed by atoms with E-state index in [0.717, 1.165) is 5.56 Å². The molecule has 0 bridgehead atoms. The van der Waals surface area contributed by atoms with Gasteiger partial charge in [-0.3, -0.25) is 4.57 Å². The van der Waals surface area contributed by atoms with E-state index in [2.05, 4.69) is 0 Å². The Bertz CT molecular complexity index is 1180. The largest absolute Gasteiger partial charge is 0.465 e. The second-order valence-electron chi connectivity index (χ2n) is 6.55. The molecule has 1 heterocycles. The third-order valence-electron chi connectivity index (χ3n) is 4.41. The Morgan fingerprint density at radius 2 is 1.68 bits per heavy atom. The van der Waals surface area contributed by atoms with Gasteiger partial charge < -0.3 is 9.64 Å². The molecule has 0 saturated heterocycles. The van der Waals surface area contributed by atoms with Crippen LogP contribution in [-0.4, -0.2) is 51.1 Å². The number of benzene rings is 2. The lowest BCUT2D eigenvalue weighted by Gasteiger charge is -2.11. The number of aromatic nitrogens is 1. The molecule has 8 heteroatoms. The van der Waals surface area contributed by atoms with Crippen LogP contribution in [0, 0.1) is 6.92 Å². The molecule has 2 aromatic carbocycles. The molecule has 0 radical (unpaired) electrons. The topological polar surface area (TPSA) is 85.7 Å². The van der Waals surface area contributed by atoms with Crippen molar-refractivity contribution in [2.75, 3.05) is 21.2 Å². The van der Waals surface area contributed by atoms with Crippen molar-refractivity contribution in [3.63, 3.8) is 0 Å². The van der Waals surface area contributed by atoms with E-state index in [4.69, 9.17) is 4.74 Å². The van der Waals surface area contributed by atoms with Crippen molar-refractivity contribution < 1.29 is 22.7 Å². The van der Waals surface area contributed by atoms with Crippen LogP contribution in [0.3, 0.4) is 0 Å². The van der Waals surface area contributed by atoms with Crippen molar-refractivity contribution in [2.24, 2.45) is 0 Å². The van der Waals surface area contributed by atoms with Crippen LogP contribution in [0.25, 0.3) is 10.9 Å². The molecule has 0 aliphatic rings. The van der Waals surface area contributed by atoms with Gasteiger partial charge >= 0.3 is 12.0 Å². The number of carbonyl (C=O) groups excluding carboxylic acids is 2. The van der Waals surface area contributed by atoms with Gasteiger partial charge in [-0.15, -0.1) is 0 Å². The molecule has 1 aromatic heterocycles. The molecule has 0 atom stereocenters. The van der Waals surface area contributed by atoms with Gasteiger partial charge in [-0.05, 0) is 31.2 Å². The van der Waals surface area contributed by atoms with Crippen LogP contribution in [0.5, 0.6) is 0 Å². The minimum absolute atomic E-state index is 0.0779. The first-order chi connectivity index (χ1) is 13.2. The highest BCUT2D eigenvalue weighted by atomic mass is 32.2. The number of fused-ring (bicyclic) bond motifs is 1. The molecule has 0 aliphatic carbocycles. The number of rotatable bonds is 3. The third-order valence-corrected chi connectivity index (χ3v) is 6.19. The van der Waals surface area contributed by atoms with Crippen molar-refractivity contribution in [3.05, 3.63) is 59.8 Å². The lowest BCUT2D eigenvalue weighted by atomic mass is 10.1. The van der Waals surface area contributed by atoms with Gasteiger partial charge in [0.1, 0.15) is 0 Å². The van der Waals surface area contributed by atoms with E-state index in [1.165, 1.54) is 41.0 Å². The first-order valence-electron chi connectivity index (χ1n) is 8.44. The number of nitrogens with zero attached hydrogens (tertiary/aromatic N) is 2. The maximum absolute atomic E-state index is 13.3. The molecule has 0 aliphatic heterocycles. The molecular formula is C20H20N2O5S. The second kappa shape index (κ2) is 7.12. The van der Waals surface area contributed by atoms with Gasteiger partial charge in [-0.1, -0.05) is 23.8 Å². The Kier molecular flexibility index (Phi) is 4.99. The van der Waals surface area contributed by atoms with Gasteiger partial charge in [0.15, 0.2) is 0 Å². The van der Waals surface area contributed by atoms with Crippen molar-refractivity contribution in [1.29, 1.82) is 0 Å². The van der Waals surface area contributed by atoms with Crippen LogP contribution in [0.1, 0.15) is 15.9 Å². The fourth-order valence-electron chi connectivity index (χ4n) is 2.95. The maximum Gasteiger partial charge on any atom is 0.338 e. The second-order valence-corrected chi connectivity index (χ2v) is 8.47. The summed E-state index contributed by atoms with van der Waals surface area (Å²) in [6.45, 7) is 1.85. The van der Waals surface area contributed by atoms with E-state index < -0.39 is 21.8 Å². The summed E-state index contributed by atoms with van der Waals surface area (Å²) in [5.41, 5.74) is 1.31. The number of methoxy groups -OCH3 is 1. The lowest BCUT2D eigenvalue weighted by Crippen LogP contribution is -2.26. The van der Waals surface area contributed by atoms with E-state index in [9.17, 15) is 18.0 Å². The number of aryl methyl sites for hydroxylation is 1. The average Bonchev–Trinajstić information content (AvgIpc) is 3.07. The van der Waals surface area contributed by atoms with Crippen molar-refractivity contribution >= 4 is 32.7 Å². The zero-order valence-corrected chi connectivity index (χ0v) is 16.8. The number of hydrogen-bond acceptors (Lipinski definition) is 5. The molecule has 0 saturated carbocycles. The zero-order valence-electron chi connectivity index (χ0n) is 16.0. The van der Waals surface area contributed by atoms with Gasteiger partial charge in [0, 0.05) is 25.7 Å². The Labute approximate surface area is 163 Å². The molecule has 0 fully saturated rings. The van der Waals surface area contributed by atoms with Gasteiger partial charge in [0.25, 0.3) is 0 Å². The van der Waals surface area contributed by atoms with E-state index in [-0.39, 0.29) is 20.7 Å². The summed E-state index contributed by atoms with van der Waals surface area (Å²) in [5.74, 6) is -0.680. The number of ether oxygens (including phenoxy) is 1. The summed E-state index contributed by atoms with van der Waals surface area (Å²) in [4.78, 5) is 26.2. The Balaban J connectivity index is 2.40. The molecule has 7 nitrogen and oxygen atoms in total. The molecular weight excluding hydrogens is 380 g/mol. The van der Waals surface area contributed by atoms with E-state index in [0.29, 0.717) is 5.52 Å². The SMILES string of the molecule is COC(=O)c1cccc2c1c(S(=O)(=O)c1ccc(C)cc1)cn2C(=O)N(C)C. The van der Waals surface area contributed by atoms with E-state index in [1.54, 1.807) is 38.4 Å². The quantitative estimate of drug-likeness (QED) is 0.631. The maximum atomic E-state index is 13.3. The summed E-state index contributed by atoms with van der Waals surface area (Å²) < 4.78 is 32.7. The van der Waals surface area contributed by atoms with Gasteiger partial charge in [-0.2, -0.15) is 0 Å². The van der Waals surface area contributed by atoms with Crippen LogP contribution < -0.4 is 0 Å². The monoisotopic (exact) mass is 400 g/mol. The number of sulfone groups is 1. The number of carbonyl (C=O) groups is 2. The Hall–Kier alpha value is -3.13. The van der Waals surface area contributed by atoms with Crippen LogP contribution >= 0.6 is 0 Å². The number of hydrogen-bond donors (Lipinski definition) is 0. The summed E-state index contributed by atoms with van der Waals surface area (Å²) in [7, 11) is 0.359. The van der Waals surface area contributed by atoms with Crippen LogP contribution in [0.2, 0.25) is 0 Å². The normalized spacial score (nSPS) is 11.4. The highest BCUT2D eigenvalue weighted by Crippen LogP contribution is 2.33. The zero-order chi connectivity index (χ0) is 20.6. The molecule has 3 aromatic rings. The van der Waals surface area contributed by atoms with Crippen LogP contribution in [-0.2, 0) is 14.6 Å². The molecule has 1 amide bonds. The highest BCUT2D eigenvalue weighted by molar-refractivity contribution is 7.91. The molecule has 0 N–H and O–H groups in total. The summed E-state index contributed by atoms with van der Waals surface area (Å²) in [6, 6.07) is 10.6. The standard InChI is InChI=1S/C20H20N2O5S/c1-13-8-10-14(11-9-13)28(25,26)17-12-22(20(24)21(2)3)16-7-5-6-15(18(16)17)19(23)27-4/h5-12H,1-4H3. The van der Waals surface area contributed by atoms with Crippen molar-refractivity contribution in [3.8, 4) is 0 Å². The predicted molar refractivity (Wildman–Crippen MR) is 104 cm³/mol. The fraction of sp³-hybridized carbons (Fsp3) is 0.200. The minimum atomic E-state index is -3.98. The van der Waals surface area contributed by atoms with Crippen LogP contribution in [0.15, 0.2) is 58.5 Å². The summed E-state index contributed by atoms with van der Waals surface area (Å²) in [6.07, 6.45) is 1.26. The van der Waals surface area contributed by atoms with Crippen molar-refractivity contribution in [2.45, 2.75) is 16.7 Å². The van der Waals surface area contributed by atoms with Crippen LogP contribution in [0.4, 0.5) is 4.79 Å². The Morgan fingerprint density at radius 1 is 1.04 bits per heavy atom. The van der Waals surface area contributed by atoms with E-state index >= 15 is 0 Å². The predicted octanol–water partition coefficient (Wildman–Crippen LogP) is 3.10. The summed E-state index contributed by atoms with van der Waals surface area (Å²) >= 11 is 0. The fourth-order valence-corrected chi connectivity index (χ4v) is 4.43. The molecule has 146 valence electrons. The van der Waals surface area contributed by atoms with Gasteiger partial charge in [0.2, 0.25) is 9.84 Å². The molecule has 0 unspecified atom stereocenters. The number of amides is 1. The van der Waals surface area contributed by atoms with Gasteiger partial charge in [0.05, 0.1) is 28.0 Å². The Morgan fingerprint density at radius 3 is 2.25 bits per heavy atom. The average molecular weight is 400 g/mol. The summed E-state index contributed by atoms with van der Waals surface area (Å²) in [5, 5.41) is 0.158. The van der Waals surface area contributed by atoms with Gasteiger partial charge in [-0.25, -0.2) is 18.0 Å². The number of esters is 1. The minimum Gasteiger partial charge on any atom is -0.465 e. The highest BCUT2D eigenvalue weighted by Gasteiger charge is 2.28. The lowest BCUT2D eigenvalue weighted by molar-refractivity contribution is 0.0603. The van der Waals surface area contributed by atoms with Crippen molar-refractivity contribution in [1.82, 2.24) is 9.47 Å². The first kappa shape index (κ1) is 19.6. The van der Waals surface area contributed by atoms with E-state index in [1.807, 2.05) is 6.92 Å².